The Hall–Kier alpha value is -0.840. The summed E-state index contributed by atoms with van der Waals surface area (Å²) >= 11 is 5.79. The SMILES string of the molecule is Cl.O=C(NC1CC2CCC(C1)N2)c1cccc(Cl)n1. The zero-order valence-corrected chi connectivity index (χ0v) is 12.0. The Labute approximate surface area is 123 Å². The van der Waals surface area contributed by atoms with Gasteiger partial charge in [0.15, 0.2) is 0 Å². The molecule has 2 bridgehead atoms. The van der Waals surface area contributed by atoms with Gasteiger partial charge in [-0.15, -0.1) is 12.4 Å². The van der Waals surface area contributed by atoms with E-state index in [0.717, 1.165) is 12.8 Å². The van der Waals surface area contributed by atoms with E-state index in [9.17, 15) is 4.79 Å². The Morgan fingerprint density at radius 1 is 1.32 bits per heavy atom. The van der Waals surface area contributed by atoms with Gasteiger partial charge in [0.25, 0.3) is 5.91 Å². The van der Waals surface area contributed by atoms with Gasteiger partial charge in [0.1, 0.15) is 10.8 Å². The van der Waals surface area contributed by atoms with Crippen LogP contribution >= 0.6 is 24.0 Å². The molecule has 3 heterocycles. The van der Waals surface area contributed by atoms with Crippen LogP contribution in [0.1, 0.15) is 36.2 Å². The van der Waals surface area contributed by atoms with E-state index in [1.54, 1.807) is 18.2 Å². The Balaban J connectivity index is 0.00000133. The minimum Gasteiger partial charge on any atom is -0.348 e. The van der Waals surface area contributed by atoms with Crippen LogP contribution in [0.3, 0.4) is 0 Å². The summed E-state index contributed by atoms with van der Waals surface area (Å²) in [5, 5.41) is 6.97. The molecule has 0 aliphatic carbocycles. The molecule has 4 nitrogen and oxygen atoms in total. The third-order valence-corrected chi connectivity index (χ3v) is 3.97. The normalized spacial score (nSPS) is 28.6. The van der Waals surface area contributed by atoms with E-state index in [2.05, 4.69) is 15.6 Å². The molecular weight excluding hydrogens is 285 g/mol. The first-order valence-corrected chi connectivity index (χ1v) is 6.78. The van der Waals surface area contributed by atoms with Crippen molar-refractivity contribution in [3.8, 4) is 0 Å². The number of aromatic nitrogens is 1. The molecule has 2 fully saturated rings. The number of fused-ring (bicyclic) bond motifs is 2. The number of carbonyl (C=O) groups is 1. The maximum Gasteiger partial charge on any atom is 0.270 e. The van der Waals surface area contributed by atoms with E-state index < -0.39 is 0 Å². The van der Waals surface area contributed by atoms with Crippen molar-refractivity contribution in [2.75, 3.05) is 0 Å². The molecule has 2 saturated heterocycles. The van der Waals surface area contributed by atoms with Crippen molar-refractivity contribution in [2.24, 2.45) is 0 Å². The molecule has 104 valence electrons. The maximum atomic E-state index is 12.0. The van der Waals surface area contributed by atoms with Crippen LogP contribution in [-0.4, -0.2) is 29.0 Å². The molecule has 2 aliphatic rings. The molecule has 0 saturated carbocycles. The molecule has 1 amide bonds. The zero-order chi connectivity index (χ0) is 12.5. The van der Waals surface area contributed by atoms with Crippen LogP contribution in [0.25, 0.3) is 0 Å². The number of nitrogens with zero attached hydrogens (tertiary/aromatic N) is 1. The highest BCUT2D eigenvalue weighted by Gasteiger charge is 2.34. The van der Waals surface area contributed by atoms with Crippen LogP contribution < -0.4 is 10.6 Å². The smallest absolute Gasteiger partial charge is 0.270 e. The fourth-order valence-corrected chi connectivity index (χ4v) is 3.13. The van der Waals surface area contributed by atoms with Crippen LogP contribution in [0.4, 0.5) is 0 Å². The lowest BCUT2D eigenvalue weighted by Crippen LogP contribution is -2.48. The fourth-order valence-electron chi connectivity index (χ4n) is 2.97. The number of hydrogen-bond acceptors (Lipinski definition) is 3. The number of pyridine rings is 1. The quantitative estimate of drug-likeness (QED) is 0.823. The zero-order valence-electron chi connectivity index (χ0n) is 10.4. The van der Waals surface area contributed by atoms with Crippen LogP contribution in [0, 0.1) is 0 Å². The average Bonchev–Trinajstić information content (AvgIpc) is 2.69. The molecule has 2 unspecified atom stereocenters. The van der Waals surface area contributed by atoms with E-state index in [1.165, 1.54) is 12.8 Å². The molecule has 3 rings (SSSR count). The summed E-state index contributed by atoms with van der Waals surface area (Å²) in [6.07, 6.45) is 4.49. The maximum absolute atomic E-state index is 12.0. The van der Waals surface area contributed by atoms with Gasteiger partial charge in [0.2, 0.25) is 0 Å². The number of halogens is 2. The Kier molecular flexibility index (Phi) is 4.66. The monoisotopic (exact) mass is 301 g/mol. The molecule has 2 aliphatic heterocycles. The van der Waals surface area contributed by atoms with E-state index >= 15 is 0 Å². The number of piperidine rings is 1. The van der Waals surface area contributed by atoms with Crippen molar-refractivity contribution < 1.29 is 4.79 Å². The highest BCUT2D eigenvalue weighted by atomic mass is 35.5. The number of carbonyl (C=O) groups excluding carboxylic acids is 1. The van der Waals surface area contributed by atoms with Crippen LogP contribution in [0.2, 0.25) is 5.15 Å². The minimum atomic E-state index is -0.121. The van der Waals surface area contributed by atoms with E-state index in [1.807, 2.05) is 0 Å². The van der Waals surface area contributed by atoms with E-state index in [0.29, 0.717) is 22.9 Å². The van der Waals surface area contributed by atoms with Gasteiger partial charge in [-0.05, 0) is 37.8 Å². The van der Waals surface area contributed by atoms with E-state index in [4.69, 9.17) is 11.6 Å². The predicted molar refractivity (Wildman–Crippen MR) is 76.9 cm³/mol. The summed E-state index contributed by atoms with van der Waals surface area (Å²) in [4.78, 5) is 16.1. The predicted octanol–water partition coefficient (Wildman–Crippen LogP) is 2.17. The molecule has 0 aromatic carbocycles. The fraction of sp³-hybridized carbons (Fsp3) is 0.538. The topological polar surface area (TPSA) is 54.0 Å². The number of hydrogen-bond donors (Lipinski definition) is 2. The number of nitrogens with one attached hydrogen (secondary N) is 2. The van der Waals surface area contributed by atoms with Gasteiger partial charge in [-0.3, -0.25) is 4.79 Å². The third-order valence-electron chi connectivity index (χ3n) is 3.76. The molecule has 1 aromatic heterocycles. The van der Waals surface area contributed by atoms with Crippen molar-refractivity contribution >= 4 is 29.9 Å². The van der Waals surface area contributed by atoms with Crippen LogP contribution in [-0.2, 0) is 0 Å². The first-order chi connectivity index (χ1) is 8.70. The second-order valence-electron chi connectivity index (χ2n) is 5.13. The van der Waals surface area contributed by atoms with Gasteiger partial charge in [0, 0.05) is 18.1 Å². The minimum absolute atomic E-state index is 0. The van der Waals surface area contributed by atoms with Gasteiger partial charge in [-0.1, -0.05) is 17.7 Å². The molecule has 6 heteroatoms. The van der Waals surface area contributed by atoms with Gasteiger partial charge >= 0.3 is 0 Å². The molecule has 1 aromatic rings. The first kappa shape index (κ1) is 14.6. The summed E-state index contributed by atoms with van der Waals surface area (Å²) in [6.45, 7) is 0. The highest BCUT2D eigenvalue weighted by Crippen LogP contribution is 2.26. The second kappa shape index (κ2) is 6.07. The van der Waals surface area contributed by atoms with Gasteiger partial charge in [-0.25, -0.2) is 4.98 Å². The standard InChI is InChI=1S/C13H16ClN3O.ClH/c14-12-3-1-2-11(17-12)13(18)16-10-6-8-4-5-9(7-10)15-8;/h1-3,8-10,15H,4-7H2,(H,16,18);1H. The molecule has 19 heavy (non-hydrogen) atoms. The first-order valence-electron chi connectivity index (χ1n) is 6.40. The Morgan fingerprint density at radius 3 is 2.63 bits per heavy atom. The number of amides is 1. The lowest BCUT2D eigenvalue weighted by atomic mass is 10.00. The van der Waals surface area contributed by atoms with Crippen molar-refractivity contribution in [3.05, 3.63) is 29.0 Å². The summed E-state index contributed by atoms with van der Waals surface area (Å²) in [5.74, 6) is -0.121. The Morgan fingerprint density at radius 2 is 2.00 bits per heavy atom. The van der Waals surface area contributed by atoms with Crippen molar-refractivity contribution in [2.45, 2.75) is 43.8 Å². The number of rotatable bonds is 2. The Bertz CT molecular complexity index is 457. The van der Waals surface area contributed by atoms with Crippen LogP contribution in [0.15, 0.2) is 18.2 Å². The second-order valence-corrected chi connectivity index (χ2v) is 5.51. The summed E-state index contributed by atoms with van der Waals surface area (Å²) in [7, 11) is 0. The molecule has 0 radical (unpaired) electrons. The highest BCUT2D eigenvalue weighted by molar-refractivity contribution is 6.29. The lowest BCUT2D eigenvalue weighted by molar-refractivity contribution is 0.0919. The largest absolute Gasteiger partial charge is 0.348 e. The summed E-state index contributed by atoms with van der Waals surface area (Å²) in [5.41, 5.74) is 0.397. The molecular formula is C13H17Cl2N3O. The van der Waals surface area contributed by atoms with Crippen molar-refractivity contribution in [3.63, 3.8) is 0 Å². The molecule has 2 atom stereocenters. The van der Waals surface area contributed by atoms with Crippen molar-refractivity contribution in [1.29, 1.82) is 0 Å². The molecule has 2 N–H and O–H groups in total. The van der Waals surface area contributed by atoms with Gasteiger partial charge in [0.05, 0.1) is 0 Å². The van der Waals surface area contributed by atoms with Gasteiger partial charge < -0.3 is 10.6 Å². The lowest BCUT2D eigenvalue weighted by Gasteiger charge is -2.29. The van der Waals surface area contributed by atoms with E-state index in [-0.39, 0.29) is 24.4 Å². The molecule has 0 spiro atoms. The van der Waals surface area contributed by atoms with Crippen molar-refractivity contribution in [1.82, 2.24) is 15.6 Å². The van der Waals surface area contributed by atoms with Crippen LogP contribution in [0.5, 0.6) is 0 Å². The van der Waals surface area contributed by atoms with Gasteiger partial charge in [-0.2, -0.15) is 0 Å². The third kappa shape index (κ3) is 3.38. The summed E-state index contributed by atoms with van der Waals surface area (Å²) < 4.78 is 0. The summed E-state index contributed by atoms with van der Waals surface area (Å²) in [6, 6.07) is 6.51. The average molecular weight is 302 g/mol.